The van der Waals surface area contributed by atoms with E-state index in [1.54, 1.807) is 14.2 Å². The van der Waals surface area contributed by atoms with Gasteiger partial charge in [-0.2, -0.15) is 0 Å². The van der Waals surface area contributed by atoms with Crippen molar-refractivity contribution in [3.8, 4) is 0 Å². The maximum absolute atomic E-state index is 11.2. The molecular formula is C10H15IO4. The highest BCUT2D eigenvalue weighted by Crippen LogP contribution is 2.46. The Labute approximate surface area is 103 Å². The smallest absolute Gasteiger partial charge is 0.306 e. The number of methoxy groups -OCH3 is 2. The molecular weight excluding hydrogens is 311 g/mol. The molecule has 86 valence electrons. The predicted molar refractivity (Wildman–Crippen MR) is 61.7 cm³/mol. The van der Waals surface area contributed by atoms with Crippen LogP contribution in [0.15, 0.2) is 0 Å². The van der Waals surface area contributed by atoms with Gasteiger partial charge in [0.25, 0.3) is 0 Å². The molecule has 0 bridgehead atoms. The number of hydrogen-bond acceptors (Lipinski definition) is 4. The summed E-state index contributed by atoms with van der Waals surface area (Å²) in [7, 11) is 3.28. The first kappa shape index (κ1) is 11.6. The maximum atomic E-state index is 11.2. The Morgan fingerprint density at radius 1 is 1.47 bits per heavy atom. The zero-order valence-electron chi connectivity index (χ0n) is 8.81. The SMILES string of the molecule is COC(OC)C1CC(I)C2OC(=O)CC12. The van der Waals surface area contributed by atoms with Crippen LogP contribution in [0.2, 0.25) is 0 Å². The van der Waals surface area contributed by atoms with E-state index in [0.717, 1.165) is 6.42 Å². The Balaban J connectivity index is 2.11. The summed E-state index contributed by atoms with van der Waals surface area (Å²) in [5, 5.41) is 0. The molecule has 2 fully saturated rings. The van der Waals surface area contributed by atoms with E-state index in [2.05, 4.69) is 22.6 Å². The van der Waals surface area contributed by atoms with Gasteiger partial charge in [0.1, 0.15) is 6.10 Å². The van der Waals surface area contributed by atoms with Gasteiger partial charge in [0.2, 0.25) is 0 Å². The van der Waals surface area contributed by atoms with Crippen molar-refractivity contribution in [3.63, 3.8) is 0 Å². The average Bonchev–Trinajstić information content (AvgIpc) is 2.70. The third kappa shape index (κ3) is 2.01. The van der Waals surface area contributed by atoms with E-state index in [1.807, 2.05) is 0 Å². The first-order chi connectivity index (χ1) is 7.17. The Kier molecular flexibility index (Phi) is 3.52. The number of alkyl halides is 1. The number of carbonyl (C=O) groups excluding carboxylic acids is 1. The minimum Gasteiger partial charge on any atom is -0.461 e. The van der Waals surface area contributed by atoms with E-state index in [0.29, 0.717) is 10.3 Å². The third-order valence-corrected chi connectivity index (χ3v) is 4.53. The normalized spacial score (nSPS) is 39.6. The van der Waals surface area contributed by atoms with Crippen LogP contribution >= 0.6 is 22.6 Å². The number of hydrogen-bond donors (Lipinski definition) is 0. The van der Waals surface area contributed by atoms with Gasteiger partial charge in [0.15, 0.2) is 6.29 Å². The summed E-state index contributed by atoms with van der Waals surface area (Å²) in [5.41, 5.74) is 0. The highest BCUT2D eigenvalue weighted by atomic mass is 127. The van der Waals surface area contributed by atoms with Crippen molar-refractivity contribution in [2.24, 2.45) is 11.8 Å². The molecule has 1 saturated carbocycles. The Bertz CT molecular complexity index is 254. The summed E-state index contributed by atoms with van der Waals surface area (Å²) in [6, 6.07) is 0. The van der Waals surface area contributed by atoms with Crippen LogP contribution in [0.1, 0.15) is 12.8 Å². The molecule has 1 aliphatic heterocycles. The number of ether oxygens (including phenoxy) is 3. The molecule has 4 nitrogen and oxygen atoms in total. The summed E-state index contributed by atoms with van der Waals surface area (Å²) in [6.45, 7) is 0. The van der Waals surface area contributed by atoms with Crippen LogP contribution < -0.4 is 0 Å². The van der Waals surface area contributed by atoms with E-state index in [4.69, 9.17) is 14.2 Å². The molecule has 0 N–H and O–H groups in total. The third-order valence-electron chi connectivity index (χ3n) is 3.31. The number of esters is 1. The average molecular weight is 326 g/mol. The molecule has 5 heteroatoms. The summed E-state index contributed by atoms with van der Waals surface area (Å²) in [6.07, 6.45) is 1.36. The van der Waals surface area contributed by atoms with Crippen molar-refractivity contribution in [2.45, 2.75) is 29.2 Å². The van der Waals surface area contributed by atoms with Gasteiger partial charge in [-0.3, -0.25) is 4.79 Å². The zero-order chi connectivity index (χ0) is 11.0. The second-order valence-electron chi connectivity index (χ2n) is 4.08. The number of rotatable bonds is 3. The second-order valence-corrected chi connectivity index (χ2v) is 5.68. The van der Waals surface area contributed by atoms with Gasteiger partial charge in [-0.1, -0.05) is 22.6 Å². The molecule has 0 radical (unpaired) electrons. The van der Waals surface area contributed by atoms with E-state index in [1.165, 1.54) is 0 Å². The van der Waals surface area contributed by atoms with Gasteiger partial charge in [-0.15, -0.1) is 0 Å². The molecule has 0 aromatic carbocycles. The molecule has 2 rings (SSSR count). The van der Waals surface area contributed by atoms with Gasteiger partial charge in [0.05, 0.1) is 6.42 Å². The van der Waals surface area contributed by atoms with Gasteiger partial charge in [-0.05, 0) is 6.42 Å². The van der Waals surface area contributed by atoms with Crippen molar-refractivity contribution < 1.29 is 19.0 Å². The summed E-state index contributed by atoms with van der Waals surface area (Å²) in [4.78, 5) is 11.2. The van der Waals surface area contributed by atoms with Crippen LogP contribution in [0.25, 0.3) is 0 Å². The molecule has 2 aliphatic rings. The lowest BCUT2D eigenvalue weighted by Crippen LogP contribution is -2.29. The van der Waals surface area contributed by atoms with Gasteiger partial charge >= 0.3 is 5.97 Å². The molecule has 1 saturated heterocycles. The fourth-order valence-electron chi connectivity index (χ4n) is 2.66. The molecule has 0 aromatic heterocycles. The van der Waals surface area contributed by atoms with E-state index in [-0.39, 0.29) is 30.2 Å². The number of carbonyl (C=O) groups is 1. The van der Waals surface area contributed by atoms with Gasteiger partial charge < -0.3 is 14.2 Å². The first-order valence-electron chi connectivity index (χ1n) is 5.06. The monoisotopic (exact) mass is 326 g/mol. The van der Waals surface area contributed by atoms with Crippen LogP contribution in [0, 0.1) is 11.8 Å². The standard InChI is InChI=1S/C10H15IO4/c1-13-10(14-2)6-3-7(11)9-5(6)4-8(12)15-9/h5-7,9-10H,3-4H2,1-2H3. The van der Waals surface area contributed by atoms with Crippen molar-refractivity contribution in [3.05, 3.63) is 0 Å². The lowest BCUT2D eigenvalue weighted by Gasteiger charge is -2.23. The quantitative estimate of drug-likeness (QED) is 0.340. The summed E-state index contributed by atoms with van der Waals surface area (Å²) in [5.74, 6) is 0.463. The second kappa shape index (κ2) is 4.55. The van der Waals surface area contributed by atoms with Crippen LogP contribution in [-0.4, -0.2) is 36.5 Å². The molecule has 4 unspecified atom stereocenters. The topological polar surface area (TPSA) is 44.8 Å². The van der Waals surface area contributed by atoms with Gasteiger partial charge in [-0.25, -0.2) is 0 Å². The number of fused-ring (bicyclic) bond motifs is 1. The minimum absolute atomic E-state index is 0.0656. The Morgan fingerprint density at radius 2 is 2.13 bits per heavy atom. The largest absolute Gasteiger partial charge is 0.461 e. The van der Waals surface area contributed by atoms with Crippen molar-refractivity contribution in [2.75, 3.05) is 14.2 Å². The molecule has 0 spiro atoms. The van der Waals surface area contributed by atoms with Crippen molar-refractivity contribution in [1.82, 2.24) is 0 Å². The van der Waals surface area contributed by atoms with Crippen LogP contribution in [0.5, 0.6) is 0 Å². The van der Waals surface area contributed by atoms with Gasteiger partial charge in [0, 0.05) is 30.0 Å². The lowest BCUT2D eigenvalue weighted by atomic mass is 9.93. The van der Waals surface area contributed by atoms with Crippen LogP contribution in [0.4, 0.5) is 0 Å². The summed E-state index contributed by atoms with van der Waals surface area (Å²) < 4.78 is 16.3. The molecule has 0 aromatic rings. The fraction of sp³-hybridized carbons (Fsp3) is 0.900. The fourth-order valence-corrected chi connectivity index (χ4v) is 3.93. The first-order valence-corrected chi connectivity index (χ1v) is 6.31. The molecule has 0 amide bonds. The highest BCUT2D eigenvalue weighted by molar-refractivity contribution is 14.1. The molecule has 1 heterocycles. The number of halogens is 1. The van der Waals surface area contributed by atoms with E-state index in [9.17, 15) is 4.79 Å². The van der Waals surface area contributed by atoms with E-state index < -0.39 is 0 Å². The lowest BCUT2D eigenvalue weighted by molar-refractivity contribution is -0.145. The van der Waals surface area contributed by atoms with Crippen molar-refractivity contribution >= 4 is 28.6 Å². The Hall–Kier alpha value is 0.120. The molecule has 1 aliphatic carbocycles. The maximum Gasteiger partial charge on any atom is 0.306 e. The highest BCUT2D eigenvalue weighted by Gasteiger charge is 2.52. The van der Waals surface area contributed by atoms with Crippen LogP contribution in [-0.2, 0) is 19.0 Å². The molecule has 15 heavy (non-hydrogen) atoms. The predicted octanol–water partition coefficient (Wildman–Crippen LogP) is 1.36. The summed E-state index contributed by atoms with van der Waals surface area (Å²) >= 11 is 2.35. The zero-order valence-corrected chi connectivity index (χ0v) is 11.0. The minimum atomic E-state index is -0.216. The van der Waals surface area contributed by atoms with E-state index >= 15 is 0 Å². The van der Waals surface area contributed by atoms with Crippen molar-refractivity contribution in [1.29, 1.82) is 0 Å². The molecule has 4 atom stereocenters. The van der Waals surface area contributed by atoms with Crippen LogP contribution in [0.3, 0.4) is 0 Å². The Morgan fingerprint density at radius 3 is 2.73 bits per heavy atom.